The van der Waals surface area contributed by atoms with E-state index < -0.39 is 23.8 Å². The maximum Gasteiger partial charge on any atom is 0.430 e. The molecule has 0 saturated carbocycles. The maximum absolute atomic E-state index is 13.0. The van der Waals surface area contributed by atoms with Crippen molar-refractivity contribution < 1.29 is 27.8 Å². The molecule has 0 amide bonds. The predicted octanol–water partition coefficient (Wildman–Crippen LogP) is 4.07. The highest BCUT2D eigenvalue weighted by Gasteiger charge is 2.48. The summed E-state index contributed by atoms with van der Waals surface area (Å²) in [5, 5.41) is 8.96. The Morgan fingerprint density at radius 3 is 2.41 bits per heavy atom. The molecule has 0 spiro atoms. The van der Waals surface area contributed by atoms with E-state index >= 15 is 0 Å². The van der Waals surface area contributed by atoms with Crippen LogP contribution in [0.15, 0.2) is 23.8 Å². The van der Waals surface area contributed by atoms with Crippen molar-refractivity contribution in [3.05, 3.63) is 34.9 Å². The number of rotatable bonds is 2. The molecule has 0 radical (unpaired) electrons. The molecule has 120 valence electrons. The monoisotopic (exact) mass is 314 g/mol. The minimum Gasteiger partial charge on any atom is -0.478 e. The van der Waals surface area contributed by atoms with E-state index in [1.165, 1.54) is 0 Å². The summed E-state index contributed by atoms with van der Waals surface area (Å²) < 4.78 is 43.9. The van der Waals surface area contributed by atoms with Crippen LogP contribution < -0.4 is 4.74 Å². The van der Waals surface area contributed by atoms with Gasteiger partial charge < -0.3 is 9.84 Å². The van der Waals surface area contributed by atoms with Crippen LogP contribution in [0.5, 0.6) is 5.75 Å². The van der Waals surface area contributed by atoms with Gasteiger partial charge in [0, 0.05) is 5.56 Å². The van der Waals surface area contributed by atoms with Crippen LogP contribution in [0.4, 0.5) is 13.2 Å². The molecule has 0 aliphatic carbocycles. The van der Waals surface area contributed by atoms with Gasteiger partial charge in [-0.2, -0.15) is 13.2 Å². The minimum atomic E-state index is -4.78. The Morgan fingerprint density at radius 1 is 1.27 bits per heavy atom. The molecule has 1 aliphatic rings. The highest BCUT2D eigenvalue weighted by Crippen LogP contribution is 2.38. The number of hydrogen-bond acceptors (Lipinski definition) is 2. The van der Waals surface area contributed by atoms with Gasteiger partial charge in [0.25, 0.3) is 0 Å². The van der Waals surface area contributed by atoms with Crippen molar-refractivity contribution in [1.82, 2.24) is 0 Å². The summed E-state index contributed by atoms with van der Waals surface area (Å²) in [6.07, 6.45) is -5.51. The third-order valence-electron chi connectivity index (χ3n) is 3.19. The summed E-state index contributed by atoms with van der Waals surface area (Å²) in [5.41, 5.74) is 0.368. The van der Waals surface area contributed by atoms with E-state index in [2.05, 4.69) is 0 Å². The summed E-state index contributed by atoms with van der Waals surface area (Å²) in [6.45, 7) is 6.07. The Balaban J connectivity index is 2.43. The fourth-order valence-electron chi connectivity index (χ4n) is 2.37. The highest BCUT2D eigenvalue weighted by molar-refractivity contribution is 5.95. The van der Waals surface area contributed by atoms with Crippen molar-refractivity contribution in [2.24, 2.45) is 5.41 Å². The van der Waals surface area contributed by atoms with Crippen molar-refractivity contribution in [2.45, 2.75) is 39.5 Å². The third-order valence-corrected chi connectivity index (χ3v) is 3.19. The minimum absolute atomic E-state index is 0.0194. The van der Waals surface area contributed by atoms with E-state index in [4.69, 9.17) is 9.84 Å². The number of carboxylic acids is 1. The summed E-state index contributed by atoms with van der Waals surface area (Å²) in [6, 6.07) is 4.91. The standard InChI is InChI=1S/C16H17F3O3/c1-15(2,3)8-9-4-5-10-7-11(14(20)21)13(16(17,18)19)22-12(10)6-9/h4-7,13H,8H2,1-3H3,(H,20,21). The summed E-state index contributed by atoms with van der Waals surface area (Å²) in [7, 11) is 0. The van der Waals surface area contributed by atoms with Gasteiger partial charge in [0.2, 0.25) is 6.10 Å². The number of halogens is 3. The second kappa shape index (κ2) is 5.34. The van der Waals surface area contributed by atoms with Gasteiger partial charge in [-0.1, -0.05) is 32.9 Å². The Hall–Kier alpha value is -1.98. The number of aliphatic carboxylic acids is 1. The molecule has 1 aromatic rings. The van der Waals surface area contributed by atoms with Crippen LogP contribution in [0.25, 0.3) is 6.08 Å². The molecule has 1 unspecified atom stereocenters. The Bertz CT molecular complexity index is 625. The van der Waals surface area contributed by atoms with Crippen molar-refractivity contribution in [3.8, 4) is 5.75 Å². The van der Waals surface area contributed by atoms with Crippen molar-refractivity contribution >= 4 is 12.0 Å². The van der Waals surface area contributed by atoms with Crippen molar-refractivity contribution in [2.75, 3.05) is 0 Å². The molecule has 1 aromatic carbocycles. The van der Waals surface area contributed by atoms with E-state index in [1.54, 1.807) is 18.2 Å². The summed E-state index contributed by atoms with van der Waals surface area (Å²) >= 11 is 0. The van der Waals surface area contributed by atoms with Gasteiger partial charge >= 0.3 is 12.1 Å². The summed E-state index contributed by atoms with van der Waals surface area (Å²) in [5.74, 6) is -1.57. The zero-order valence-corrected chi connectivity index (χ0v) is 12.5. The molecule has 2 rings (SSSR count). The van der Waals surface area contributed by atoms with Crippen molar-refractivity contribution in [3.63, 3.8) is 0 Å². The molecule has 0 fully saturated rings. The molecule has 1 atom stereocenters. The van der Waals surface area contributed by atoms with E-state index in [1.807, 2.05) is 20.8 Å². The van der Waals surface area contributed by atoms with Gasteiger partial charge in [0.15, 0.2) is 0 Å². The first-order valence-electron chi connectivity index (χ1n) is 6.78. The second-order valence-corrected chi connectivity index (χ2v) is 6.55. The first kappa shape index (κ1) is 16.4. The molecule has 0 saturated heterocycles. The Labute approximate surface area is 126 Å². The lowest BCUT2D eigenvalue weighted by atomic mass is 9.87. The average Bonchev–Trinajstić information content (AvgIpc) is 2.33. The van der Waals surface area contributed by atoms with Crippen LogP contribution in [0.2, 0.25) is 0 Å². The molecule has 3 nitrogen and oxygen atoms in total. The number of benzene rings is 1. The normalized spacial score (nSPS) is 18.3. The van der Waals surface area contributed by atoms with E-state index in [-0.39, 0.29) is 11.2 Å². The van der Waals surface area contributed by atoms with Crippen LogP contribution in [-0.2, 0) is 11.2 Å². The molecule has 0 bridgehead atoms. The third kappa shape index (κ3) is 3.61. The smallest absolute Gasteiger partial charge is 0.430 e. The summed E-state index contributed by atoms with van der Waals surface area (Å²) in [4.78, 5) is 11.0. The predicted molar refractivity (Wildman–Crippen MR) is 75.7 cm³/mol. The first-order valence-corrected chi connectivity index (χ1v) is 6.78. The molecule has 0 aromatic heterocycles. The van der Waals surface area contributed by atoms with Crippen LogP contribution in [0.1, 0.15) is 31.9 Å². The molecule has 6 heteroatoms. The van der Waals surface area contributed by atoms with Crippen LogP contribution in [0.3, 0.4) is 0 Å². The molecule has 1 N–H and O–H groups in total. The number of carboxylic acid groups (broad SMARTS) is 1. The fraction of sp³-hybridized carbons (Fsp3) is 0.438. The van der Waals surface area contributed by atoms with Gasteiger partial charge in [0.1, 0.15) is 5.75 Å². The average molecular weight is 314 g/mol. The van der Waals surface area contributed by atoms with Gasteiger partial charge in [-0.15, -0.1) is 0 Å². The van der Waals surface area contributed by atoms with Crippen LogP contribution in [0, 0.1) is 5.41 Å². The number of carbonyl (C=O) groups is 1. The molecular weight excluding hydrogens is 297 g/mol. The molecule has 22 heavy (non-hydrogen) atoms. The zero-order chi connectivity index (χ0) is 16.7. The maximum atomic E-state index is 13.0. The van der Waals surface area contributed by atoms with E-state index in [0.29, 0.717) is 12.0 Å². The fourth-order valence-corrected chi connectivity index (χ4v) is 2.37. The van der Waals surface area contributed by atoms with Gasteiger partial charge in [-0.25, -0.2) is 4.79 Å². The van der Waals surface area contributed by atoms with Crippen LogP contribution in [-0.4, -0.2) is 23.4 Å². The lowest BCUT2D eigenvalue weighted by Crippen LogP contribution is -2.40. The number of hydrogen-bond donors (Lipinski definition) is 1. The van der Waals surface area contributed by atoms with Gasteiger partial charge in [-0.3, -0.25) is 0 Å². The first-order chi connectivity index (χ1) is 9.97. The van der Waals surface area contributed by atoms with Gasteiger partial charge in [-0.05, 0) is 29.5 Å². The Kier molecular flexibility index (Phi) is 3.98. The van der Waals surface area contributed by atoms with E-state index in [9.17, 15) is 18.0 Å². The van der Waals surface area contributed by atoms with E-state index in [0.717, 1.165) is 11.6 Å². The molecule has 1 aliphatic heterocycles. The van der Waals surface area contributed by atoms with Crippen molar-refractivity contribution in [1.29, 1.82) is 0 Å². The SMILES string of the molecule is CC(C)(C)Cc1ccc2c(c1)OC(C(F)(F)F)C(C(=O)O)=C2. The largest absolute Gasteiger partial charge is 0.478 e. The lowest BCUT2D eigenvalue weighted by molar-refractivity contribution is -0.187. The number of alkyl halides is 3. The lowest BCUT2D eigenvalue weighted by Gasteiger charge is -2.28. The number of fused-ring (bicyclic) bond motifs is 1. The number of ether oxygens (including phenoxy) is 1. The Morgan fingerprint density at radius 2 is 1.91 bits per heavy atom. The quantitative estimate of drug-likeness (QED) is 0.895. The molecular formula is C16H17F3O3. The highest BCUT2D eigenvalue weighted by atomic mass is 19.4. The second-order valence-electron chi connectivity index (χ2n) is 6.55. The van der Waals surface area contributed by atoms with Crippen LogP contribution >= 0.6 is 0 Å². The van der Waals surface area contributed by atoms with Gasteiger partial charge in [0.05, 0.1) is 5.57 Å². The molecule has 1 heterocycles. The zero-order valence-electron chi connectivity index (χ0n) is 12.5. The topological polar surface area (TPSA) is 46.5 Å².